The molecule has 0 bridgehead atoms. The molecule has 0 amide bonds. The van der Waals surface area contributed by atoms with Gasteiger partial charge in [0.25, 0.3) is 0 Å². The molecular formula is C19H21O4P. The third-order valence-electron chi connectivity index (χ3n) is 3.78. The molecule has 24 heavy (non-hydrogen) atoms. The van der Waals surface area contributed by atoms with Crippen molar-refractivity contribution in [2.45, 2.75) is 19.5 Å². The maximum Gasteiger partial charge on any atom is 0.342 e. The molecule has 1 aliphatic rings. The van der Waals surface area contributed by atoms with Crippen molar-refractivity contribution in [1.82, 2.24) is 0 Å². The molecule has 2 aromatic carbocycles. The van der Waals surface area contributed by atoms with Gasteiger partial charge in [0.05, 0.1) is 13.2 Å². The molecule has 1 aliphatic heterocycles. The smallest absolute Gasteiger partial charge is 0.342 e. The second-order valence-electron chi connectivity index (χ2n) is 5.36. The Labute approximate surface area is 142 Å². The van der Waals surface area contributed by atoms with Crippen molar-refractivity contribution in [3.63, 3.8) is 0 Å². The summed E-state index contributed by atoms with van der Waals surface area (Å²) in [6.07, 6.45) is 1.85. The molecule has 0 spiro atoms. The molecule has 0 saturated heterocycles. The fourth-order valence-corrected chi connectivity index (χ4v) is 4.77. The lowest BCUT2D eigenvalue weighted by Crippen LogP contribution is -2.12. The topological polar surface area (TPSA) is 44.8 Å². The molecule has 1 atom stereocenters. The van der Waals surface area contributed by atoms with Crippen LogP contribution in [0.25, 0.3) is 5.76 Å². The van der Waals surface area contributed by atoms with E-state index in [-0.39, 0.29) is 0 Å². The van der Waals surface area contributed by atoms with Crippen molar-refractivity contribution in [3.05, 3.63) is 71.8 Å². The standard InChI is InChI=1S/C19H21O4P/c1-3-21-24(20,22-4-2)19-14-18(15-10-6-5-7-11-15)23-17-13-9-8-12-16(17)19/h5-14,19H,3-4H2,1-2H3. The van der Waals surface area contributed by atoms with Crippen molar-refractivity contribution in [2.24, 2.45) is 0 Å². The lowest BCUT2D eigenvalue weighted by molar-refractivity contribution is 0.215. The zero-order chi connectivity index (χ0) is 17.0. The largest absolute Gasteiger partial charge is 0.457 e. The zero-order valence-corrected chi connectivity index (χ0v) is 14.7. The minimum atomic E-state index is -3.34. The highest BCUT2D eigenvalue weighted by atomic mass is 31.2. The van der Waals surface area contributed by atoms with Crippen LogP contribution in [0.2, 0.25) is 0 Å². The zero-order valence-electron chi connectivity index (χ0n) is 13.8. The lowest BCUT2D eigenvalue weighted by Gasteiger charge is -2.30. The quantitative estimate of drug-likeness (QED) is 0.656. The highest BCUT2D eigenvalue weighted by Crippen LogP contribution is 2.64. The Hall–Kier alpha value is -1.87. The van der Waals surface area contributed by atoms with Crippen LogP contribution in [0.3, 0.4) is 0 Å². The minimum Gasteiger partial charge on any atom is -0.457 e. The first-order valence-corrected chi connectivity index (χ1v) is 9.72. The number of fused-ring (bicyclic) bond motifs is 1. The van der Waals surface area contributed by atoms with E-state index in [0.29, 0.717) is 24.7 Å². The van der Waals surface area contributed by atoms with E-state index in [1.807, 2.05) is 74.5 Å². The van der Waals surface area contributed by atoms with E-state index in [9.17, 15) is 4.57 Å². The van der Waals surface area contributed by atoms with Gasteiger partial charge in [0.1, 0.15) is 17.2 Å². The van der Waals surface area contributed by atoms with E-state index < -0.39 is 13.3 Å². The van der Waals surface area contributed by atoms with Gasteiger partial charge in [-0.3, -0.25) is 4.57 Å². The van der Waals surface area contributed by atoms with Crippen molar-refractivity contribution < 1.29 is 18.3 Å². The number of allylic oxidation sites excluding steroid dienone is 1. The third-order valence-corrected chi connectivity index (χ3v) is 6.13. The average molecular weight is 344 g/mol. The number of rotatable bonds is 6. The van der Waals surface area contributed by atoms with Crippen LogP contribution in [-0.4, -0.2) is 13.2 Å². The molecule has 0 saturated carbocycles. The molecule has 0 radical (unpaired) electrons. The van der Waals surface area contributed by atoms with E-state index in [2.05, 4.69) is 0 Å². The molecule has 4 nitrogen and oxygen atoms in total. The second-order valence-corrected chi connectivity index (χ2v) is 7.51. The Morgan fingerprint density at radius 1 is 0.958 bits per heavy atom. The number of hydrogen-bond acceptors (Lipinski definition) is 4. The van der Waals surface area contributed by atoms with Gasteiger partial charge in [-0.05, 0) is 26.0 Å². The highest BCUT2D eigenvalue weighted by Gasteiger charge is 2.39. The van der Waals surface area contributed by atoms with Crippen molar-refractivity contribution >= 4 is 13.4 Å². The summed E-state index contributed by atoms with van der Waals surface area (Å²) >= 11 is 0. The molecule has 5 heteroatoms. The Kier molecular flexibility index (Phi) is 5.20. The molecule has 0 N–H and O–H groups in total. The summed E-state index contributed by atoms with van der Waals surface area (Å²) in [5.74, 6) is 1.35. The Morgan fingerprint density at radius 2 is 1.58 bits per heavy atom. The third kappa shape index (κ3) is 3.32. The molecule has 1 heterocycles. The van der Waals surface area contributed by atoms with E-state index in [1.54, 1.807) is 0 Å². The summed E-state index contributed by atoms with van der Waals surface area (Å²) in [5.41, 5.74) is 1.26. The van der Waals surface area contributed by atoms with Gasteiger partial charge < -0.3 is 13.8 Å². The normalized spacial score (nSPS) is 16.9. The summed E-state index contributed by atoms with van der Waals surface area (Å²) < 4.78 is 30.6. The van der Waals surface area contributed by atoms with Crippen LogP contribution in [-0.2, 0) is 13.6 Å². The molecule has 1 unspecified atom stereocenters. The predicted molar refractivity (Wildman–Crippen MR) is 95.1 cm³/mol. The van der Waals surface area contributed by atoms with Crippen LogP contribution in [0.4, 0.5) is 0 Å². The average Bonchev–Trinajstić information content (AvgIpc) is 2.62. The maximum atomic E-state index is 13.4. The summed E-state index contributed by atoms with van der Waals surface area (Å²) in [7, 11) is -3.34. The van der Waals surface area contributed by atoms with E-state index in [4.69, 9.17) is 13.8 Å². The van der Waals surface area contributed by atoms with Gasteiger partial charge >= 0.3 is 7.60 Å². The maximum absolute atomic E-state index is 13.4. The second kappa shape index (κ2) is 7.35. The van der Waals surface area contributed by atoms with Gasteiger partial charge in [-0.1, -0.05) is 48.5 Å². The van der Waals surface area contributed by atoms with Gasteiger partial charge in [-0.2, -0.15) is 0 Å². The first-order chi connectivity index (χ1) is 11.7. The molecule has 3 rings (SSSR count). The number of benzene rings is 2. The SMILES string of the molecule is CCOP(=O)(OCC)C1C=C(c2ccccc2)Oc2ccccc21. The summed E-state index contributed by atoms with van der Waals surface area (Å²) in [6, 6.07) is 17.3. The summed E-state index contributed by atoms with van der Waals surface area (Å²) in [5, 5.41) is 0. The Bertz CT molecular complexity index is 760. The summed E-state index contributed by atoms with van der Waals surface area (Å²) in [4.78, 5) is 0. The summed E-state index contributed by atoms with van der Waals surface area (Å²) in [6.45, 7) is 4.29. The van der Waals surface area contributed by atoms with Crippen LogP contribution in [0.1, 0.15) is 30.6 Å². The van der Waals surface area contributed by atoms with Gasteiger partial charge in [0, 0.05) is 11.1 Å². The molecule has 0 fully saturated rings. The highest BCUT2D eigenvalue weighted by molar-refractivity contribution is 7.54. The van der Waals surface area contributed by atoms with Crippen molar-refractivity contribution in [3.8, 4) is 5.75 Å². The minimum absolute atomic E-state index is 0.325. The molecule has 126 valence electrons. The van der Waals surface area contributed by atoms with Crippen LogP contribution in [0.5, 0.6) is 5.75 Å². The fraction of sp³-hybridized carbons (Fsp3) is 0.263. The number of para-hydroxylation sites is 1. The number of hydrogen-bond donors (Lipinski definition) is 0. The lowest BCUT2D eigenvalue weighted by atomic mass is 10.0. The van der Waals surface area contributed by atoms with Gasteiger partial charge in [-0.15, -0.1) is 0 Å². The first-order valence-electron chi connectivity index (χ1n) is 8.10. The number of ether oxygens (including phenoxy) is 1. The van der Waals surface area contributed by atoms with Gasteiger partial charge in [0.15, 0.2) is 0 Å². The van der Waals surface area contributed by atoms with Crippen molar-refractivity contribution in [2.75, 3.05) is 13.2 Å². The van der Waals surface area contributed by atoms with Crippen LogP contribution in [0, 0.1) is 0 Å². The monoisotopic (exact) mass is 344 g/mol. The Morgan fingerprint density at radius 3 is 2.25 bits per heavy atom. The Balaban J connectivity index is 2.10. The van der Waals surface area contributed by atoms with E-state index in [1.165, 1.54) is 0 Å². The van der Waals surface area contributed by atoms with Gasteiger partial charge in [0.2, 0.25) is 0 Å². The molecule has 2 aromatic rings. The van der Waals surface area contributed by atoms with E-state index in [0.717, 1.165) is 11.1 Å². The van der Waals surface area contributed by atoms with Gasteiger partial charge in [-0.25, -0.2) is 0 Å². The van der Waals surface area contributed by atoms with Crippen LogP contribution < -0.4 is 4.74 Å². The fourth-order valence-electron chi connectivity index (χ4n) is 2.78. The van der Waals surface area contributed by atoms with Crippen molar-refractivity contribution in [1.29, 1.82) is 0 Å². The first kappa shape index (κ1) is 17.0. The molecule has 0 aromatic heterocycles. The van der Waals surface area contributed by atoms with Crippen LogP contribution >= 0.6 is 7.60 Å². The predicted octanol–water partition coefficient (Wildman–Crippen LogP) is 5.43. The van der Waals surface area contributed by atoms with E-state index >= 15 is 0 Å². The molecular weight excluding hydrogens is 323 g/mol. The molecule has 0 aliphatic carbocycles. The van der Waals surface area contributed by atoms with Crippen LogP contribution in [0.15, 0.2) is 60.7 Å².